The summed E-state index contributed by atoms with van der Waals surface area (Å²) in [5.41, 5.74) is 2.59. The molecule has 4 N–H and O–H groups in total. The van der Waals surface area contributed by atoms with Crippen molar-refractivity contribution in [3.63, 3.8) is 0 Å². The van der Waals surface area contributed by atoms with Crippen molar-refractivity contribution in [1.29, 1.82) is 0 Å². The highest BCUT2D eigenvalue weighted by Crippen LogP contribution is 2.50. The van der Waals surface area contributed by atoms with Crippen molar-refractivity contribution >= 4 is 23.5 Å². The molecule has 0 aliphatic heterocycles. The van der Waals surface area contributed by atoms with Gasteiger partial charge in [0.25, 0.3) is 0 Å². The standard InChI is InChI=1S/C31H41N3O8/c1-15(2)26(30(37)34-27(16(3)4)31(38)39)33-22-12-10-19-20(14-23(22)36)21(32-17(5)35)11-9-18-13-24(40-6)28(41-7)29(42-8)25(18)19/h10,12-16,21,26-27H,9,11H2,1-8H3,(H,32,35)(H,33,36)(H,34,37)(H,38,39)/t21-,26-,27-/m1/s1. The fraction of sp³-hybridized carbons (Fsp3) is 0.484. The van der Waals surface area contributed by atoms with Gasteiger partial charge >= 0.3 is 5.97 Å². The third-order valence-electron chi connectivity index (χ3n) is 7.41. The molecular formula is C31H41N3O8. The Kier molecular flexibility index (Phi) is 10.4. The molecule has 2 amide bonds. The van der Waals surface area contributed by atoms with Gasteiger partial charge in [-0.2, -0.15) is 0 Å². The second-order valence-corrected chi connectivity index (χ2v) is 11.0. The quantitative estimate of drug-likeness (QED) is 0.311. The van der Waals surface area contributed by atoms with Crippen LogP contribution in [-0.2, 0) is 20.8 Å². The van der Waals surface area contributed by atoms with Gasteiger partial charge in [0.15, 0.2) is 11.5 Å². The SMILES string of the molecule is COc1cc2c(c(OC)c1OC)-c1ccc(N[C@@H](C(=O)N[C@@H](C(=O)O)C(C)C)C(C)C)c(=O)cc1[C@H](NC(C)=O)CC2. The van der Waals surface area contributed by atoms with E-state index in [1.54, 1.807) is 39.8 Å². The highest BCUT2D eigenvalue weighted by atomic mass is 16.5. The number of benzene rings is 1. The van der Waals surface area contributed by atoms with E-state index < -0.39 is 35.4 Å². The summed E-state index contributed by atoms with van der Waals surface area (Å²) in [6, 6.07) is 4.24. The third-order valence-corrected chi connectivity index (χ3v) is 7.41. The summed E-state index contributed by atoms with van der Waals surface area (Å²) in [6.07, 6.45) is 1.07. The van der Waals surface area contributed by atoms with Crippen LogP contribution in [0.3, 0.4) is 0 Å². The summed E-state index contributed by atoms with van der Waals surface area (Å²) in [6.45, 7) is 8.45. The molecule has 2 aromatic rings. The zero-order valence-electron chi connectivity index (χ0n) is 25.4. The number of ether oxygens (including phenoxy) is 3. The van der Waals surface area contributed by atoms with Crippen LogP contribution < -0.4 is 35.6 Å². The van der Waals surface area contributed by atoms with Gasteiger partial charge in [0.1, 0.15) is 12.1 Å². The second kappa shape index (κ2) is 13.6. The number of carboxylic acids is 1. The van der Waals surface area contributed by atoms with E-state index in [9.17, 15) is 24.3 Å². The van der Waals surface area contributed by atoms with Gasteiger partial charge in [-0.15, -0.1) is 0 Å². The number of carbonyl (C=O) groups excluding carboxylic acids is 2. The number of amides is 2. The first-order chi connectivity index (χ1) is 19.8. The molecule has 228 valence electrons. The van der Waals surface area contributed by atoms with Crippen LogP contribution in [0.5, 0.6) is 17.2 Å². The molecule has 1 aliphatic carbocycles. The lowest BCUT2D eigenvalue weighted by molar-refractivity contribution is -0.143. The number of aryl methyl sites for hydroxylation is 1. The number of fused-ring (bicyclic) bond motifs is 3. The molecule has 0 fully saturated rings. The third kappa shape index (κ3) is 6.78. The summed E-state index contributed by atoms with van der Waals surface area (Å²) in [4.78, 5) is 50.8. The van der Waals surface area contributed by atoms with Crippen molar-refractivity contribution < 1.29 is 33.7 Å². The number of carboxylic acid groups (broad SMARTS) is 1. The van der Waals surface area contributed by atoms with E-state index in [4.69, 9.17) is 14.2 Å². The van der Waals surface area contributed by atoms with Gasteiger partial charge in [0.05, 0.1) is 33.1 Å². The molecule has 3 atom stereocenters. The van der Waals surface area contributed by atoms with Crippen LogP contribution >= 0.6 is 0 Å². The zero-order valence-corrected chi connectivity index (χ0v) is 25.4. The Bertz CT molecular complexity index is 1410. The Hall–Kier alpha value is -4.28. The number of hydrogen-bond acceptors (Lipinski definition) is 8. The molecule has 2 aromatic carbocycles. The lowest BCUT2D eigenvalue weighted by atomic mass is 9.95. The van der Waals surface area contributed by atoms with Crippen molar-refractivity contribution in [2.24, 2.45) is 11.8 Å². The summed E-state index contributed by atoms with van der Waals surface area (Å²) in [5.74, 6) is -1.21. The highest BCUT2D eigenvalue weighted by Gasteiger charge is 2.31. The van der Waals surface area contributed by atoms with Gasteiger partial charge in [0, 0.05) is 12.5 Å². The van der Waals surface area contributed by atoms with Crippen molar-refractivity contribution in [2.45, 2.75) is 65.6 Å². The fourth-order valence-electron chi connectivity index (χ4n) is 5.29. The lowest BCUT2D eigenvalue weighted by Crippen LogP contribution is -2.51. The molecule has 0 radical (unpaired) electrons. The molecule has 11 heteroatoms. The minimum Gasteiger partial charge on any atom is -0.493 e. The van der Waals surface area contributed by atoms with Crippen molar-refractivity contribution in [1.82, 2.24) is 10.6 Å². The molecule has 0 aromatic heterocycles. The van der Waals surface area contributed by atoms with E-state index in [0.717, 1.165) is 5.56 Å². The molecule has 3 rings (SSSR count). The molecule has 42 heavy (non-hydrogen) atoms. The fourth-order valence-corrected chi connectivity index (χ4v) is 5.29. The number of rotatable bonds is 11. The highest BCUT2D eigenvalue weighted by molar-refractivity contribution is 5.89. The van der Waals surface area contributed by atoms with E-state index in [2.05, 4.69) is 16.0 Å². The molecular weight excluding hydrogens is 542 g/mol. The van der Waals surface area contributed by atoms with Gasteiger partial charge in [-0.1, -0.05) is 33.8 Å². The summed E-state index contributed by atoms with van der Waals surface area (Å²) >= 11 is 0. The Morgan fingerprint density at radius 1 is 0.929 bits per heavy atom. The van der Waals surface area contributed by atoms with Gasteiger partial charge in [0.2, 0.25) is 23.0 Å². The van der Waals surface area contributed by atoms with Gasteiger partial charge in [-0.05, 0) is 59.6 Å². The summed E-state index contributed by atoms with van der Waals surface area (Å²) < 4.78 is 17.0. The number of carbonyl (C=O) groups is 3. The number of aliphatic carboxylic acids is 1. The normalized spacial score (nSPS) is 15.4. The Morgan fingerprint density at radius 3 is 2.10 bits per heavy atom. The minimum atomic E-state index is -1.14. The molecule has 0 bridgehead atoms. The summed E-state index contributed by atoms with van der Waals surface area (Å²) in [7, 11) is 4.57. The maximum absolute atomic E-state index is 13.7. The average Bonchev–Trinajstić information content (AvgIpc) is 3.16. The van der Waals surface area contributed by atoms with Crippen molar-refractivity contribution in [2.75, 3.05) is 26.6 Å². The van der Waals surface area contributed by atoms with Crippen LogP contribution in [0.15, 0.2) is 29.1 Å². The predicted octanol–water partition coefficient (Wildman–Crippen LogP) is 3.52. The molecule has 1 aliphatic rings. The molecule has 0 saturated carbocycles. The second-order valence-electron chi connectivity index (χ2n) is 11.0. The largest absolute Gasteiger partial charge is 0.493 e. The van der Waals surface area contributed by atoms with E-state index in [-0.39, 0.29) is 23.4 Å². The number of anilines is 1. The average molecular weight is 584 g/mol. The lowest BCUT2D eigenvalue weighted by Gasteiger charge is -2.25. The minimum absolute atomic E-state index is 0.149. The van der Waals surface area contributed by atoms with Gasteiger partial charge < -0.3 is 35.3 Å². The van der Waals surface area contributed by atoms with Crippen LogP contribution in [0.4, 0.5) is 5.69 Å². The van der Waals surface area contributed by atoms with E-state index in [0.29, 0.717) is 46.8 Å². The molecule has 11 nitrogen and oxygen atoms in total. The van der Waals surface area contributed by atoms with Gasteiger partial charge in [-0.25, -0.2) is 4.79 Å². The van der Waals surface area contributed by atoms with Crippen LogP contribution in [0.1, 0.15) is 58.2 Å². The van der Waals surface area contributed by atoms with E-state index in [1.807, 2.05) is 6.07 Å². The smallest absolute Gasteiger partial charge is 0.326 e. The number of hydrogen-bond donors (Lipinski definition) is 4. The first-order valence-corrected chi connectivity index (χ1v) is 13.9. The van der Waals surface area contributed by atoms with Crippen LogP contribution in [-0.4, -0.2) is 56.3 Å². The monoisotopic (exact) mass is 583 g/mol. The Balaban J connectivity index is 2.21. The van der Waals surface area contributed by atoms with Gasteiger partial charge in [-0.3, -0.25) is 14.4 Å². The zero-order chi connectivity index (χ0) is 31.3. The van der Waals surface area contributed by atoms with Crippen LogP contribution in [0, 0.1) is 11.8 Å². The van der Waals surface area contributed by atoms with E-state index >= 15 is 0 Å². The first-order valence-electron chi connectivity index (χ1n) is 13.9. The summed E-state index contributed by atoms with van der Waals surface area (Å²) in [5, 5.41) is 18.2. The Labute approximate surface area is 245 Å². The number of methoxy groups -OCH3 is 3. The maximum atomic E-state index is 13.7. The van der Waals surface area contributed by atoms with Crippen molar-refractivity contribution in [3.05, 3.63) is 45.6 Å². The topological polar surface area (TPSA) is 152 Å². The Morgan fingerprint density at radius 2 is 1.57 bits per heavy atom. The molecule has 0 saturated heterocycles. The molecule has 0 spiro atoms. The van der Waals surface area contributed by atoms with E-state index in [1.165, 1.54) is 34.3 Å². The number of nitrogens with one attached hydrogen (secondary N) is 3. The van der Waals surface area contributed by atoms with Crippen LogP contribution in [0.2, 0.25) is 0 Å². The molecule has 0 unspecified atom stereocenters. The first kappa shape index (κ1) is 32.2. The van der Waals surface area contributed by atoms with Crippen LogP contribution in [0.25, 0.3) is 11.1 Å². The predicted molar refractivity (Wildman–Crippen MR) is 159 cm³/mol. The maximum Gasteiger partial charge on any atom is 0.326 e. The molecule has 0 heterocycles. The van der Waals surface area contributed by atoms with Crippen molar-refractivity contribution in [3.8, 4) is 28.4 Å².